The smallest absolute Gasteiger partial charge is 0.313 e. The maximum absolute atomic E-state index is 13.0. The molecule has 0 bridgehead atoms. The van der Waals surface area contributed by atoms with Crippen LogP contribution in [0.4, 0.5) is 14.5 Å². The van der Waals surface area contributed by atoms with Crippen molar-refractivity contribution in [1.29, 1.82) is 0 Å². The zero-order valence-corrected chi connectivity index (χ0v) is 11.4. The van der Waals surface area contributed by atoms with Gasteiger partial charge in [-0.05, 0) is 31.5 Å². The largest absolute Gasteiger partial charge is 0.346 e. The van der Waals surface area contributed by atoms with Crippen LogP contribution in [0.3, 0.4) is 0 Å². The number of nitrogens with one attached hydrogen (secondary N) is 3. The van der Waals surface area contributed by atoms with Gasteiger partial charge in [0.1, 0.15) is 0 Å². The minimum Gasteiger partial charge on any atom is -0.346 e. The fourth-order valence-electron chi connectivity index (χ4n) is 2.16. The molecule has 21 heavy (non-hydrogen) atoms. The molecular weight excluding hydrogens is 280 g/mol. The van der Waals surface area contributed by atoms with Gasteiger partial charge in [0.05, 0.1) is 0 Å². The number of benzene rings is 1. The van der Waals surface area contributed by atoms with E-state index in [1.165, 1.54) is 6.07 Å². The first-order chi connectivity index (χ1) is 10.1. The van der Waals surface area contributed by atoms with Gasteiger partial charge in [0, 0.05) is 24.3 Å². The van der Waals surface area contributed by atoms with Crippen molar-refractivity contribution in [3.8, 4) is 0 Å². The molecule has 1 saturated heterocycles. The van der Waals surface area contributed by atoms with Crippen LogP contribution in [0.25, 0.3) is 0 Å². The zero-order valence-electron chi connectivity index (χ0n) is 11.4. The lowest BCUT2D eigenvalue weighted by molar-refractivity contribution is -0.136. The first-order valence-electron chi connectivity index (χ1n) is 6.84. The van der Waals surface area contributed by atoms with Gasteiger partial charge in [-0.3, -0.25) is 9.59 Å². The molecule has 1 aliphatic heterocycles. The second kappa shape index (κ2) is 7.12. The Hall–Kier alpha value is -2.02. The molecule has 7 heteroatoms. The van der Waals surface area contributed by atoms with E-state index < -0.39 is 23.4 Å². The Kier molecular flexibility index (Phi) is 5.21. The van der Waals surface area contributed by atoms with Crippen LogP contribution < -0.4 is 16.0 Å². The number of amides is 2. The van der Waals surface area contributed by atoms with E-state index >= 15 is 0 Å². The van der Waals surface area contributed by atoms with Gasteiger partial charge in [-0.15, -0.1) is 0 Å². The van der Waals surface area contributed by atoms with Gasteiger partial charge in [-0.2, -0.15) is 0 Å². The van der Waals surface area contributed by atoms with Gasteiger partial charge in [0.25, 0.3) is 0 Å². The molecule has 0 saturated carbocycles. The molecule has 1 aliphatic rings. The van der Waals surface area contributed by atoms with E-state index in [0.717, 1.165) is 37.9 Å². The van der Waals surface area contributed by atoms with Crippen LogP contribution in [0.2, 0.25) is 0 Å². The summed E-state index contributed by atoms with van der Waals surface area (Å²) in [5, 5.41) is 7.98. The fraction of sp³-hybridized carbons (Fsp3) is 0.429. The highest BCUT2D eigenvalue weighted by molar-refractivity contribution is 6.39. The van der Waals surface area contributed by atoms with Crippen molar-refractivity contribution in [2.75, 3.05) is 18.4 Å². The van der Waals surface area contributed by atoms with Crippen LogP contribution in [0, 0.1) is 11.6 Å². The van der Waals surface area contributed by atoms with Crippen molar-refractivity contribution >= 4 is 17.5 Å². The number of rotatable bonds is 3. The minimum absolute atomic E-state index is 0.0323. The van der Waals surface area contributed by atoms with E-state index in [0.29, 0.717) is 6.54 Å². The Morgan fingerprint density at radius 2 is 2.00 bits per heavy atom. The topological polar surface area (TPSA) is 70.2 Å². The SMILES string of the molecule is O=C(NCC1CCCCN1)C(=O)Nc1ccc(F)c(F)c1. The molecule has 1 aromatic carbocycles. The van der Waals surface area contributed by atoms with Crippen LogP contribution in [0.5, 0.6) is 0 Å². The molecular formula is C14H17F2N3O2. The molecule has 0 radical (unpaired) electrons. The third-order valence-electron chi connectivity index (χ3n) is 3.31. The molecule has 114 valence electrons. The molecule has 1 atom stereocenters. The molecule has 2 rings (SSSR count). The average molecular weight is 297 g/mol. The summed E-state index contributed by atoms with van der Waals surface area (Å²) >= 11 is 0. The van der Waals surface area contributed by atoms with Crippen molar-refractivity contribution in [3.05, 3.63) is 29.8 Å². The number of hydrogen-bond acceptors (Lipinski definition) is 3. The molecule has 1 aromatic rings. The highest BCUT2D eigenvalue weighted by atomic mass is 19.2. The van der Waals surface area contributed by atoms with E-state index in [9.17, 15) is 18.4 Å². The maximum Gasteiger partial charge on any atom is 0.313 e. The highest BCUT2D eigenvalue weighted by Crippen LogP contribution is 2.12. The van der Waals surface area contributed by atoms with Crippen LogP contribution >= 0.6 is 0 Å². The van der Waals surface area contributed by atoms with Gasteiger partial charge < -0.3 is 16.0 Å². The summed E-state index contributed by atoms with van der Waals surface area (Å²) < 4.78 is 25.7. The lowest BCUT2D eigenvalue weighted by atomic mass is 10.1. The van der Waals surface area contributed by atoms with Crippen molar-refractivity contribution in [2.24, 2.45) is 0 Å². The summed E-state index contributed by atoms with van der Waals surface area (Å²) in [7, 11) is 0. The monoisotopic (exact) mass is 297 g/mol. The third kappa shape index (κ3) is 4.49. The lowest BCUT2D eigenvalue weighted by Gasteiger charge is -2.23. The molecule has 1 heterocycles. The Morgan fingerprint density at radius 1 is 1.19 bits per heavy atom. The summed E-state index contributed by atoms with van der Waals surface area (Å²) in [6.07, 6.45) is 3.15. The quantitative estimate of drug-likeness (QED) is 0.733. The number of carbonyl (C=O) groups is 2. The lowest BCUT2D eigenvalue weighted by Crippen LogP contribution is -2.46. The second-order valence-corrected chi connectivity index (χ2v) is 4.94. The fourth-order valence-corrected chi connectivity index (χ4v) is 2.16. The normalized spacial score (nSPS) is 18.1. The van der Waals surface area contributed by atoms with Crippen molar-refractivity contribution in [2.45, 2.75) is 25.3 Å². The molecule has 0 aliphatic carbocycles. The number of hydrogen-bond donors (Lipinski definition) is 3. The first-order valence-corrected chi connectivity index (χ1v) is 6.84. The van der Waals surface area contributed by atoms with Crippen LogP contribution in [0.1, 0.15) is 19.3 Å². The van der Waals surface area contributed by atoms with E-state index in [-0.39, 0.29) is 11.7 Å². The summed E-state index contributed by atoms with van der Waals surface area (Å²) in [5.74, 6) is -3.80. The van der Waals surface area contributed by atoms with E-state index in [1.807, 2.05) is 0 Å². The second-order valence-electron chi connectivity index (χ2n) is 4.94. The number of halogens is 2. The van der Waals surface area contributed by atoms with Crippen molar-refractivity contribution < 1.29 is 18.4 Å². The summed E-state index contributed by atoms with van der Waals surface area (Å²) in [6, 6.07) is 3.06. The molecule has 2 amide bonds. The minimum atomic E-state index is -1.08. The average Bonchev–Trinajstić information content (AvgIpc) is 2.49. The third-order valence-corrected chi connectivity index (χ3v) is 3.31. The summed E-state index contributed by atoms with van der Waals surface area (Å²) in [5.41, 5.74) is 0.0323. The van der Waals surface area contributed by atoms with E-state index in [2.05, 4.69) is 16.0 Å². The standard InChI is InChI=1S/C14H17F2N3O2/c15-11-5-4-9(7-12(11)16)19-14(21)13(20)18-8-10-3-1-2-6-17-10/h4-5,7,10,17H,1-3,6,8H2,(H,18,20)(H,19,21). The molecule has 5 nitrogen and oxygen atoms in total. The number of anilines is 1. The predicted octanol–water partition coefficient (Wildman–Crippen LogP) is 1.16. The molecule has 1 unspecified atom stereocenters. The predicted molar refractivity (Wildman–Crippen MR) is 73.6 cm³/mol. The van der Waals surface area contributed by atoms with E-state index in [4.69, 9.17) is 0 Å². The van der Waals surface area contributed by atoms with Gasteiger partial charge in [0.15, 0.2) is 11.6 Å². The molecule has 0 spiro atoms. The summed E-state index contributed by atoms with van der Waals surface area (Å²) in [4.78, 5) is 23.2. The Labute approximate surface area is 121 Å². The zero-order chi connectivity index (χ0) is 15.2. The molecule has 1 fully saturated rings. The van der Waals surface area contributed by atoms with Gasteiger partial charge >= 0.3 is 11.8 Å². The summed E-state index contributed by atoms with van der Waals surface area (Å²) in [6.45, 7) is 1.27. The Balaban J connectivity index is 1.81. The van der Waals surface area contributed by atoms with E-state index in [1.54, 1.807) is 0 Å². The van der Waals surface area contributed by atoms with Crippen LogP contribution in [-0.4, -0.2) is 30.9 Å². The van der Waals surface area contributed by atoms with Gasteiger partial charge in [-0.1, -0.05) is 6.42 Å². The van der Waals surface area contributed by atoms with Gasteiger partial charge in [-0.25, -0.2) is 8.78 Å². The van der Waals surface area contributed by atoms with Crippen molar-refractivity contribution in [3.63, 3.8) is 0 Å². The maximum atomic E-state index is 13.0. The Bertz CT molecular complexity index is 531. The first kappa shape index (κ1) is 15.4. The Morgan fingerprint density at radius 3 is 2.67 bits per heavy atom. The van der Waals surface area contributed by atoms with Crippen molar-refractivity contribution in [1.82, 2.24) is 10.6 Å². The molecule has 0 aromatic heterocycles. The van der Waals surface area contributed by atoms with Crippen LogP contribution in [0.15, 0.2) is 18.2 Å². The number of piperidine rings is 1. The van der Waals surface area contributed by atoms with Gasteiger partial charge in [0.2, 0.25) is 0 Å². The molecule has 3 N–H and O–H groups in total. The highest BCUT2D eigenvalue weighted by Gasteiger charge is 2.18. The van der Waals surface area contributed by atoms with Crippen LogP contribution in [-0.2, 0) is 9.59 Å². The number of carbonyl (C=O) groups excluding carboxylic acids is 2.